The molecule has 0 saturated heterocycles. The van der Waals surface area contributed by atoms with Crippen molar-refractivity contribution in [2.45, 2.75) is 38.8 Å². The quantitative estimate of drug-likeness (QED) is 0.405. The maximum atomic E-state index is 12.2. The molecule has 1 amide bonds. The maximum absolute atomic E-state index is 12.2. The van der Waals surface area contributed by atoms with Crippen LogP contribution in [0.15, 0.2) is 72.9 Å². The van der Waals surface area contributed by atoms with Crippen LogP contribution in [0.2, 0.25) is 5.04 Å². The van der Waals surface area contributed by atoms with Gasteiger partial charge in [0.2, 0.25) is 11.9 Å². The molecular weight excluding hydrogens is 448 g/mol. The van der Waals surface area contributed by atoms with Crippen molar-refractivity contribution in [1.29, 1.82) is 0 Å². The van der Waals surface area contributed by atoms with E-state index >= 15 is 0 Å². The highest BCUT2D eigenvalue weighted by Crippen LogP contribution is 2.36. The number of carboxylic acids is 1. The summed E-state index contributed by atoms with van der Waals surface area (Å²) in [6, 6.07) is 20.5. The van der Waals surface area contributed by atoms with Crippen LogP contribution in [0.3, 0.4) is 0 Å². The largest absolute Gasteiger partial charge is 0.480 e. The van der Waals surface area contributed by atoms with Gasteiger partial charge in [0.15, 0.2) is 0 Å². The summed E-state index contributed by atoms with van der Waals surface area (Å²) in [5.74, 6) is -1.02. The fraction of sp³-hybridized carbons (Fsp3) is 0.280. The van der Waals surface area contributed by atoms with Crippen molar-refractivity contribution in [3.63, 3.8) is 0 Å². The Morgan fingerprint density at radius 2 is 1.56 bits per heavy atom. The Kier molecular flexibility index (Phi) is 7.80. The summed E-state index contributed by atoms with van der Waals surface area (Å²) in [4.78, 5) is 31.6. The summed E-state index contributed by atoms with van der Waals surface area (Å²) in [6.07, 6.45) is 1.45. The Labute approximate surface area is 200 Å². The third-order valence-corrected chi connectivity index (χ3v) is 10.5. The number of amides is 1. The molecule has 0 bridgehead atoms. The molecule has 0 saturated carbocycles. The summed E-state index contributed by atoms with van der Waals surface area (Å²) in [7, 11) is -2.90. The Balaban J connectivity index is 1.96. The van der Waals surface area contributed by atoms with E-state index in [4.69, 9.17) is 4.43 Å². The second-order valence-corrected chi connectivity index (χ2v) is 13.3. The molecule has 8 nitrogen and oxygen atoms in total. The summed E-state index contributed by atoms with van der Waals surface area (Å²) >= 11 is 0. The van der Waals surface area contributed by atoms with Crippen LogP contribution in [0.5, 0.6) is 0 Å². The van der Waals surface area contributed by atoms with Crippen LogP contribution in [-0.4, -0.2) is 47.9 Å². The minimum Gasteiger partial charge on any atom is -0.480 e. The predicted octanol–water partition coefficient (Wildman–Crippen LogP) is 2.88. The molecule has 3 aromatic rings. The van der Waals surface area contributed by atoms with E-state index < -0.39 is 20.3 Å². The molecule has 0 aliphatic heterocycles. The first kappa shape index (κ1) is 25.1. The van der Waals surface area contributed by atoms with Gasteiger partial charge >= 0.3 is 5.97 Å². The minimum absolute atomic E-state index is 0.0813. The second-order valence-electron chi connectivity index (χ2n) is 8.96. The number of hydrogen-bond acceptors (Lipinski definition) is 6. The minimum atomic E-state index is -2.90. The van der Waals surface area contributed by atoms with Gasteiger partial charge in [-0.3, -0.25) is 10.1 Å². The number of benzene rings is 2. The molecule has 1 aromatic heterocycles. The molecule has 1 unspecified atom stereocenters. The normalized spacial score (nSPS) is 12.6. The molecular formula is C25H30N4O4Si. The monoisotopic (exact) mass is 478 g/mol. The van der Waals surface area contributed by atoms with E-state index in [1.807, 2.05) is 36.4 Å². The zero-order valence-corrected chi connectivity index (χ0v) is 20.8. The summed E-state index contributed by atoms with van der Waals surface area (Å²) in [6.45, 7) is 7.66. The Morgan fingerprint density at radius 1 is 1.00 bits per heavy atom. The van der Waals surface area contributed by atoms with Crippen LogP contribution in [0, 0.1) is 0 Å². The third-order valence-electron chi connectivity index (χ3n) is 5.45. The van der Waals surface area contributed by atoms with Gasteiger partial charge in [-0.05, 0) is 21.5 Å². The summed E-state index contributed by atoms with van der Waals surface area (Å²) < 4.78 is 6.74. The maximum Gasteiger partial charge on any atom is 0.328 e. The number of carboxylic acid groups (broad SMARTS) is 1. The lowest BCUT2D eigenvalue weighted by Crippen LogP contribution is -2.67. The number of aromatic nitrogens is 2. The number of aliphatic carboxylic acids is 1. The number of nitrogens with one attached hydrogen (secondary N) is 2. The lowest BCUT2D eigenvalue weighted by molar-refractivity contribution is -0.138. The predicted molar refractivity (Wildman–Crippen MR) is 135 cm³/mol. The Bertz CT molecular complexity index is 1080. The molecule has 1 heterocycles. The van der Waals surface area contributed by atoms with Crippen LogP contribution in [0.4, 0.5) is 11.8 Å². The molecule has 2 aromatic carbocycles. The van der Waals surface area contributed by atoms with Crippen molar-refractivity contribution < 1.29 is 19.1 Å². The zero-order chi connectivity index (χ0) is 24.8. The fourth-order valence-electron chi connectivity index (χ4n) is 3.98. The van der Waals surface area contributed by atoms with Crippen LogP contribution in [-0.2, 0) is 14.0 Å². The van der Waals surface area contributed by atoms with Crippen LogP contribution >= 0.6 is 0 Å². The van der Waals surface area contributed by atoms with Crippen molar-refractivity contribution in [2.75, 3.05) is 17.2 Å². The van der Waals surface area contributed by atoms with E-state index in [-0.39, 0.29) is 29.3 Å². The van der Waals surface area contributed by atoms with Gasteiger partial charge in [-0.2, -0.15) is 4.98 Å². The molecule has 3 N–H and O–H groups in total. The standard InChI is InChI=1S/C25H30N4O4Si/c1-18(30)27-24-26-16-15-22(29-24)28-21(23(31)32)17-33-34(25(2,3)4,19-11-7-5-8-12-19)20-13-9-6-10-14-20/h5-16,21H,17H2,1-4H3,(H,31,32)(H2,26,27,28,29,30). The molecule has 0 spiro atoms. The topological polar surface area (TPSA) is 113 Å². The second kappa shape index (κ2) is 10.6. The molecule has 0 aliphatic carbocycles. The van der Waals surface area contributed by atoms with E-state index in [1.54, 1.807) is 6.07 Å². The van der Waals surface area contributed by atoms with Gasteiger partial charge < -0.3 is 14.8 Å². The van der Waals surface area contributed by atoms with E-state index in [9.17, 15) is 14.7 Å². The van der Waals surface area contributed by atoms with Crippen molar-refractivity contribution in [3.8, 4) is 0 Å². The average Bonchev–Trinajstić information content (AvgIpc) is 2.79. The molecule has 34 heavy (non-hydrogen) atoms. The van der Waals surface area contributed by atoms with Crippen LogP contribution in [0.1, 0.15) is 27.7 Å². The summed E-state index contributed by atoms with van der Waals surface area (Å²) in [5.41, 5.74) is 0. The van der Waals surface area contributed by atoms with Crippen LogP contribution in [0.25, 0.3) is 0 Å². The molecule has 178 valence electrons. The highest BCUT2D eigenvalue weighted by molar-refractivity contribution is 6.99. The van der Waals surface area contributed by atoms with Gasteiger partial charge in [-0.1, -0.05) is 81.4 Å². The van der Waals surface area contributed by atoms with E-state index in [1.165, 1.54) is 13.1 Å². The molecule has 1 atom stereocenters. The zero-order valence-electron chi connectivity index (χ0n) is 19.8. The highest BCUT2D eigenvalue weighted by atomic mass is 28.4. The lowest BCUT2D eigenvalue weighted by atomic mass is 10.2. The first-order valence-corrected chi connectivity index (χ1v) is 12.9. The average molecular weight is 479 g/mol. The fourth-order valence-corrected chi connectivity index (χ4v) is 8.55. The number of hydrogen-bond donors (Lipinski definition) is 3. The number of anilines is 2. The first-order chi connectivity index (χ1) is 16.1. The smallest absolute Gasteiger partial charge is 0.328 e. The van der Waals surface area contributed by atoms with Gasteiger partial charge in [0.05, 0.1) is 6.61 Å². The van der Waals surface area contributed by atoms with Crippen molar-refractivity contribution in [1.82, 2.24) is 9.97 Å². The van der Waals surface area contributed by atoms with Gasteiger partial charge in [0.1, 0.15) is 11.9 Å². The third kappa shape index (κ3) is 5.67. The van der Waals surface area contributed by atoms with Gasteiger partial charge in [-0.25, -0.2) is 9.78 Å². The number of nitrogens with zero attached hydrogens (tertiary/aromatic N) is 2. The number of rotatable bonds is 9. The van der Waals surface area contributed by atoms with Crippen LogP contribution < -0.4 is 21.0 Å². The van der Waals surface area contributed by atoms with Crippen molar-refractivity contribution >= 4 is 42.3 Å². The van der Waals surface area contributed by atoms with Gasteiger partial charge in [0, 0.05) is 13.1 Å². The van der Waals surface area contributed by atoms with Crippen molar-refractivity contribution in [2.24, 2.45) is 0 Å². The molecule has 3 rings (SSSR count). The van der Waals surface area contributed by atoms with Crippen molar-refractivity contribution in [3.05, 3.63) is 72.9 Å². The molecule has 0 radical (unpaired) electrons. The Morgan fingerprint density at radius 3 is 2.03 bits per heavy atom. The first-order valence-electron chi connectivity index (χ1n) is 11.0. The van der Waals surface area contributed by atoms with E-state index in [2.05, 4.69) is 65.6 Å². The molecule has 0 aliphatic rings. The Hall–Kier alpha value is -3.56. The lowest BCUT2D eigenvalue weighted by Gasteiger charge is -2.43. The van der Waals surface area contributed by atoms with E-state index in [0.717, 1.165) is 10.4 Å². The van der Waals surface area contributed by atoms with Gasteiger partial charge in [-0.15, -0.1) is 0 Å². The van der Waals surface area contributed by atoms with E-state index in [0.29, 0.717) is 0 Å². The van der Waals surface area contributed by atoms with Gasteiger partial charge in [0.25, 0.3) is 8.32 Å². The molecule has 9 heteroatoms. The summed E-state index contributed by atoms with van der Waals surface area (Å²) in [5, 5.41) is 17.2. The number of carbonyl (C=O) groups excluding carboxylic acids is 1. The highest BCUT2D eigenvalue weighted by Gasteiger charge is 2.50. The number of carbonyl (C=O) groups is 2. The SMILES string of the molecule is CC(=O)Nc1nccc(NC(CO[Si](c2ccccc2)(c2ccccc2)C(C)(C)C)C(=O)O)n1. The molecule has 0 fully saturated rings.